The fourth-order valence-corrected chi connectivity index (χ4v) is 2.78. The fourth-order valence-electron chi connectivity index (χ4n) is 1.62. The zero-order chi connectivity index (χ0) is 13.8. The third-order valence-electron chi connectivity index (χ3n) is 2.63. The fraction of sp³-hybridized carbons (Fsp3) is 0.231. The van der Waals surface area contributed by atoms with E-state index >= 15 is 0 Å². The Kier molecular flexibility index (Phi) is 4.39. The molecule has 0 bridgehead atoms. The van der Waals surface area contributed by atoms with Gasteiger partial charge in [-0.25, -0.2) is 0 Å². The molecule has 0 atom stereocenters. The molecule has 0 aliphatic rings. The number of carbonyl (C=O) groups is 1. The lowest BCUT2D eigenvalue weighted by Crippen LogP contribution is -1.96. The number of hydrogen-bond acceptors (Lipinski definition) is 4. The lowest BCUT2D eigenvalue weighted by Gasteiger charge is -2.01. The third kappa shape index (κ3) is 3.24. The first kappa shape index (κ1) is 13.8. The highest BCUT2D eigenvalue weighted by atomic mass is 35.5. The van der Waals surface area contributed by atoms with E-state index in [1.165, 1.54) is 11.5 Å². The van der Waals surface area contributed by atoms with E-state index in [0.717, 1.165) is 16.2 Å². The lowest BCUT2D eigenvalue weighted by molar-refractivity contribution is -0.136. The molecule has 0 saturated carbocycles. The van der Waals surface area contributed by atoms with Crippen LogP contribution >= 0.6 is 23.1 Å². The van der Waals surface area contributed by atoms with Gasteiger partial charge in [-0.15, -0.1) is 0 Å². The number of carboxylic acid groups (broad SMARTS) is 1. The second kappa shape index (κ2) is 6.04. The molecule has 2 aromatic rings. The van der Waals surface area contributed by atoms with Crippen LogP contribution in [0.5, 0.6) is 5.75 Å². The number of carboxylic acids is 1. The molecular weight excluding hydrogens is 286 g/mol. The van der Waals surface area contributed by atoms with Crippen LogP contribution in [0.2, 0.25) is 5.02 Å². The number of benzene rings is 1. The molecule has 0 radical (unpaired) electrons. The van der Waals surface area contributed by atoms with E-state index in [0.29, 0.717) is 17.1 Å². The number of halogens is 1. The van der Waals surface area contributed by atoms with Crippen molar-refractivity contribution >= 4 is 29.1 Å². The van der Waals surface area contributed by atoms with E-state index in [2.05, 4.69) is 4.37 Å². The average molecular weight is 298 g/mol. The van der Waals surface area contributed by atoms with Crippen LogP contribution in [-0.2, 0) is 11.2 Å². The van der Waals surface area contributed by atoms with Crippen molar-refractivity contribution in [2.75, 3.05) is 7.11 Å². The van der Waals surface area contributed by atoms with Gasteiger partial charge in [0.25, 0.3) is 0 Å². The van der Waals surface area contributed by atoms with Crippen LogP contribution in [-0.4, -0.2) is 22.6 Å². The summed E-state index contributed by atoms with van der Waals surface area (Å²) >= 11 is 7.49. The highest BCUT2D eigenvalue weighted by Crippen LogP contribution is 2.34. The van der Waals surface area contributed by atoms with Gasteiger partial charge in [-0.3, -0.25) is 4.79 Å². The standard InChI is InChI=1S/C13H12ClNO3S/c1-18-9-4-2-8(3-5-9)13-12(14)10(19-15-13)6-7-11(16)17/h2-5H,6-7H2,1H3,(H,16,17). The van der Waals surface area contributed by atoms with E-state index in [4.69, 9.17) is 21.4 Å². The number of methoxy groups -OCH3 is 1. The summed E-state index contributed by atoms with van der Waals surface area (Å²) < 4.78 is 9.38. The quantitative estimate of drug-likeness (QED) is 0.918. The van der Waals surface area contributed by atoms with Crippen LogP contribution in [0.4, 0.5) is 0 Å². The van der Waals surface area contributed by atoms with Gasteiger partial charge in [-0.1, -0.05) is 11.6 Å². The molecule has 6 heteroatoms. The number of ether oxygens (including phenoxy) is 1. The average Bonchev–Trinajstić information content (AvgIpc) is 2.78. The molecule has 1 heterocycles. The predicted molar refractivity (Wildman–Crippen MR) is 75.1 cm³/mol. The summed E-state index contributed by atoms with van der Waals surface area (Å²) in [5, 5.41) is 9.21. The second-order valence-electron chi connectivity index (χ2n) is 3.89. The van der Waals surface area contributed by atoms with E-state index in [1.807, 2.05) is 24.3 Å². The van der Waals surface area contributed by atoms with Crippen molar-refractivity contribution in [3.63, 3.8) is 0 Å². The van der Waals surface area contributed by atoms with Crippen molar-refractivity contribution < 1.29 is 14.6 Å². The molecular formula is C13H12ClNO3S. The Balaban J connectivity index is 2.22. The van der Waals surface area contributed by atoms with E-state index in [9.17, 15) is 4.79 Å². The minimum absolute atomic E-state index is 0.0595. The number of hydrogen-bond donors (Lipinski definition) is 1. The summed E-state index contributed by atoms with van der Waals surface area (Å²) in [5.74, 6) is -0.0725. The van der Waals surface area contributed by atoms with Crippen molar-refractivity contribution in [3.8, 4) is 17.0 Å². The molecule has 1 N–H and O–H groups in total. The van der Waals surface area contributed by atoms with Gasteiger partial charge in [0, 0.05) is 10.4 Å². The number of rotatable bonds is 5. The Morgan fingerprint density at radius 1 is 1.42 bits per heavy atom. The molecule has 0 unspecified atom stereocenters. The van der Waals surface area contributed by atoms with Crippen molar-refractivity contribution in [1.82, 2.24) is 4.37 Å². The second-order valence-corrected chi connectivity index (χ2v) is 5.13. The van der Waals surface area contributed by atoms with E-state index in [-0.39, 0.29) is 6.42 Å². The lowest BCUT2D eigenvalue weighted by atomic mass is 10.1. The van der Waals surface area contributed by atoms with Crippen LogP contribution < -0.4 is 4.74 Å². The van der Waals surface area contributed by atoms with E-state index < -0.39 is 5.97 Å². The Bertz CT molecular complexity index is 580. The van der Waals surface area contributed by atoms with Crippen LogP contribution in [0.1, 0.15) is 11.3 Å². The molecule has 0 aliphatic carbocycles. The molecule has 0 saturated heterocycles. The maximum absolute atomic E-state index is 10.6. The molecule has 0 spiro atoms. The summed E-state index contributed by atoms with van der Waals surface area (Å²) in [6.07, 6.45) is 0.464. The van der Waals surface area contributed by atoms with Crippen molar-refractivity contribution in [1.29, 1.82) is 0 Å². The monoisotopic (exact) mass is 297 g/mol. The normalized spacial score (nSPS) is 10.4. The summed E-state index contributed by atoms with van der Waals surface area (Å²) in [4.78, 5) is 11.4. The Morgan fingerprint density at radius 2 is 2.11 bits per heavy atom. The first-order valence-corrected chi connectivity index (χ1v) is 6.77. The van der Waals surface area contributed by atoms with Crippen molar-refractivity contribution in [2.24, 2.45) is 0 Å². The molecule has 1 aromatic carbocycles. The maximum Gasteiger partial charge on any atom is 0.303 e. The van der Waals surface area contributed by atoms with Crippen LogP contribution in [0.15, 0.2) is 24.3 Å². The third-order valence-corrected chi connectivity index (χ3v) is 4.05. The van der Waals surface area contributed by atoms with Gasteiger partial charge in [0.1, 0.15) is 11.4 Å². The Labute approximate surface area is 119 Å². The van der Waals surface area contributed by atoms with Crippen LogP contribution in [0, 0.1) is 0 Å². The van der Waals surface area contributed by atoms with Crippen LogP contribution in [0.25, 0.3) is 11.3 Å². The van der Waals surface area contributed by atoms with Crippen LogP contribution in [0.3, 0.4) is 0 Å². The summed E-state index contributed by atoms with van der Waals surface area (Å²) in [6, 6.07) is 7.42. The van der Waals surface area contributed by atoms with Gasteiger partial charge in [-0.2, -0.15) is 4.37 Å². The minimum Gasteiger partial charge on any atom is -0.497 e. The smallest absolute Gasteiger partial charge is 0.303 e. The topological polar surface area (TPSA) is 59.4 Å². The highest BCUT2D eigenvalue weighted by Gasteiger charge is 2.14. The summed E-state index contributed by atoms with van der Waals surface area (Å²) in [6.45, 7) is 0. The van der Waals surface area contributed by atoms with E-state index in [1.54, 1.807) is 7.11 Å². The highest BCUT2D eigenvalue weighted by molar-refractivity contribution is 7.06. The zero-order valence-electron chi connectivity index (χ0n) is 10.2. The molecule has 0 aliphatic heterocycles. The first-order valence-electron chi connectivity index (χ1n) is 5.62. The number of nitrogens with zero attached hydrogens (tertiary/aromatic N) is 1. The Hall–Kier alpha value is -1.59. The molecule has 100 valence electrons. The SMILES string of the molecule is COc1ccc(-c2nsc(CCC(=O)O)c2Cl)cc1. The number of aryl methyl sites for hydroxylation is 1. The van der Waals surface area contributed by atoms with Crippen molar-refractivity contribution in [3.05, 3.63) is 34.2 Å². The maximum atomic E-state index is 10.6. The van der Waals surface area contributed by atoms with Gasteiger partial charge in [0.05, 0.1) is 18.6 Å². The molecule has 0 amide bonds. The van der Waals surface area contributed by atoms with Crippen molar-refractivity contribution in [2.45, 2.75) is 12.8 Å². The molecule has 2 rings (SSSR count). The first-order chi connectivity index (χ1) is 9.11. The molecule has 19 heavy (non-hydrogen) atoms. The molecule has 1 aromatic heterocycles. The minimum atomic E-state index is -0.838. The van der Waals surface area contributed by atoms with Gasteiger partial charge < -0.3 is 9.84 Å². The molecule has 4 nitrogen and oxygen atoms in total. The number of aromatic nitrogens is 1. The zero-order valence-corrected chi connectivity index (χ0v) is 11.8. The summed E-state index contributed by atoms with van der Waals surface area (Å²) in [5.41, 5.74) is 1.58. The van der Waals surface area contributed by atoms with Gasteiger partial charge in [-0.05, 0) is 42.2 Å². The van der Waals surface area contributed by atoms with Gasteiger partial charge in [0.2, 0.25) is 0 Å². The van der Waals surface area contributed by atoms with Gasteiger partial charge in [0.15, 0.2) is 0 Å². The summed E-state index contributed by atoms with van der Waals surface area (Å²) in [7, 11) is 1.61. The largest absolute Gasteiger partial charge is 0.497 e. The molecule has 0 fully saturated rings. The number of aliphatic carboxylic acids is 1. The Morgan fingerprint density at radius 3 is 2.68 bits per heavy atom. The predicted octanol–water partition coefficient (Wildman–Crippen LogP) is 3.49. The van der Waals surface area contributed by atoms with Gasteiger partial charge >= 0.3 is 5.97 Å².